The second kappa shape index (κ2) is 8.98. The molecule has 0 aliphatic carbocycles. The van der Waals surface area contributed by atoms with E-state index in [-0.39, 0.29) is 30.3 Å². The minimum Gasteiger partial charge on any atom is -0.481 e. The molecule has 1 aliphatic rings. The van der Waals surface area contributed by atoms with Crippen LogP contribution in [0.5, 0.6) is 5.75 Å². The summed E-state index contributed by atoms with van der Waals surface area (Å²) in [4.78, 5) is 12.2. The first-order valence-electron chi connectivity index (χ1n) is 7.50. The molecule has 3 unspecified atom stereocenters. The Morgan fingerprint density at radius 2 is 2.27 bits per heavy atom. The van der Waals surface area contributed by atoms with Crippen LogP contribution in [0.3, 0.4) is 0 Å². The van der Waals surface area contributed by atoms with Crippen LogP contribution in [0.15, 0.2) is 24.3 Å². The lowest BCUT2D eigenvalue weighted by molar-refractivity contribution is -0.128. The van der Waals surface area contributed by atoms with Gasteiger partial charge in [0.25, 0.3) is 5.91 Å². The number of hydrogen-bond donors (Lipinski definition) is 3. The summed E-state index contributed by atoms with van der Waals surface area (Å²) in [7, 11) is 0. The molecule has 1 aromatic rings. The number of aryl methyl sites for hydroxylation is 1. The van der Waals surface area contributed by atoms with E-state index in [4.69, 9.17) is 4.74 Å². The number of halogens is 1. The van der Waals surface area contributed by atoms with E-state index < -0.39 is 6.10 Å². The second-order valence-corrected chi connectivity index (χ2v) is 5.56. The fourth-order valence-corrected chi connectivity index (χ4v) is 2.45. The first-order valence-corrected chi connectivity index (χ1v) is 7.50. The van der Waals surface area contributed by atoms with Crippen molar-refractivity contribution in [2.45, 2.75) is 32.5 Å². The highest BCUT2D eigenvalue weighted by molar-refractivity contribution is 5.85. The number of carbonyl (C=O) groups is 1. The zero-order valence-electron chi connectivity index (χ0n) is 13.0. The maximum absolute atomic E-state index is 12.2. The molecule has 0 spiro atoms. The van der Waals surface area contributed by atoms with Crippen LogP contribution in [-0.2, 0) is 4.79 Å². The lowest BCUT2D eigenvalue weighted by Crippen LogP contribution is -2.42. The highest BCUT2D eigenvalue weighted by atomic mass is 35.5. The first kappa shape index (κ1) is 18.7. The number of aliphatic hydroxyl groups is 1. The predicted octanol–water partition coefficient (Wildman–Crippen LogP) is 1.27. The molecule has 1 heterocycles. The Bertz CT molecular complexity index is 484. The number of amides is 1. The molecular weight excluding hydrogens is 304 g/mol. The fraction of sp³-hybridized carbons (Fsp3) is 0.562. The monoisotopic (exact) mass is 328 g/mol. The third kappa shape index (κ3) is 5.16. The van der Waals surface area contributed by atoms with Crippen molar-refractivity contribution in [1.29, 1.82) is 0 Å². The largest absolute Gasteiger partial charge is 0.481 e. The maximum atomic E-state index is 12.2. The van der Waals surface area contributed by atoms with Crippen molar-refractivity contribution in [1.82, 2.24) is 10.6 Å². The van der Waals surface area contributed by atoms with Gasteiger partial charge >= 0.3 is 0 Å². The number of rotatable bonds is 6. The summed E-state index contributed by atoms with van der Waals surface area (Å²) in [6, 6.07) is 7.67. The molecule has 6 heteroatoms. The molecule has 5 nitrogen and oxygen atoms in total. The molecule has 1 aliphatic heterocycles. The highest BCUT2D eigenvalue weighted by Gasteiger charge is 2.26. The van der Waals surface area contributed by atoms with Gasteiger partial charge in [-0.25, -0.2) is 0 Å². The summed E-state index contributed by atoms with van der Waals surface area (Å²) >= 11 is 0. The first-order chi connectivity index (χ1) is 10.1. The standard InChI is InChI=1S/C16H24N2O3.ClH/c1-3-15(21-13-6-4-5-11(2)7-13)16(20)18-9-12-8-17-10-14(12)19;/h4-7,12,14-15,17,19H,3,8-10H2,1-2H3,(H,18,20);1H. The molecule has 0 aromatic heterocycles. The maximum Gasteiger partial charge on any atom is 0.261 e. The van der Waals surface area contributed by atoms with E-state index in [1.54, 1.807) is 0 Å². The van der Waals surface area contributed by atoms with Gasteiger partial charge in [-0.2, -0.15) is 0 Å². The Morgan fingerprint density at radius 3 is 2.86 bits per heavy atom. The molecule has 2 rings (SSSR count). The summed E-state index contributed by atoms with van der Waals surface area (Å²) < 4.78 is 5.76. The van der Waals surface area contributed by atoms with E-state index in [2.05, 4.69) is 10.6 Å². The summed E-state index contributed by atoms with van der Waals surface area (Å²) in [6.07, 6.45) is -0.285. The van der Waals surface area contributed by atoms with Gasteiger partial charge < -0.3 is 20.5 Å². The van der Waals surface area contributed by atoms with Gasteiger partial charge in [-0.05, 0) is 31.0 Å². The summed E-state index contributed by atoms with van der Waals surface area (Å²) in [6.45, 7) is 5.71. The minimum atomic E-state index is -0.502. The van der Waals surface area contributed by atoms with Crippen LogP contribution in [0.2, 0.25) is 0 Å². The van der Waals surface area contributed by atoms with E-state index in [1.807, 2.05) is 38.1 Å². The van der Waals surface area contributed by atoms with Gasteiger partial charge in [0.15, 0.2) is 6.10 Å². The van der Waals surface area contributed by atoms with Crippen molar-refractivity contribution in [3.05, 3.63) is 29.8 Å². The smallest absolute Gasteiger partial charge is 0.261 e. The van der Waals surface area contributed by atoms with E-state index in [1.165, 1.54) is 0 Å². The molecule has 1 saturated heterocycles. The molecule has 1 aromatic carbocycles. The number of ether oxygens (including phenoxy) is 1. The lowest BCUT2D eigenvalue weighted by atomic mass is 10.1. The number of nitrogens with one attached hydrogen (secondary N) is 2. The van der Waals surface area contributed by atoms with Crippen molar-refractivity contribution in [3.63, 3.8) is 0 Å². The normalized spacial score (nSPS) is 21.8. The average Bonchev–Trinajstić information content (AvgIpc) is 2.87. The van der Waals surface area contributed by atoms with E-state index in [9.17, 15) is 9.90 Å². The fourth-order valence-electron chi connectivity index (χ4n) is 2.45. The zero-order chi connectivity index (χ0) is 15.2. The van der Waals surface area contributed by atoms with Gasteiger partial charge in [0, 0.05) is 25.6 Å². The topological polar surface area (TPSA) is 70.6 Å². The Morgan fingerprint density at radius 1 is 1.50 bits per heavy atom. The second-order valence-electron chi connectivity index (χ2n) is 5.56. The van der Waals surface area contributed by atoms with Crippen LogP contribution >= 0.6 is 12.4 Å². The molecule has 1 fully saturated rings. The summed E-state index contributed by atoms with van der Waals surface area (Å²) in [5, 5.41) is 15.7. The lowest BCUT2D eigenvalue weighted by Gasteiger charge is -2.20. The Hall–Kier alpha value is -1.30. The van der Waals surface area contributed by atoms with Gasteiger partial charge in [-0.1, -0.05) is 19.1 Å². The van der Waals surface area contributed by atoms with Gasteiger partial charge in [0.2, 0.25) is 0 Å². The van der Waals surface area contributed by atoms with Gasteiger partial charge in [-0.15, -0.1) is 12.4 Å². The zero-order valence-corrected chi connectivity index (χ0v) is 13.9. The molecule has 1 amide bonds. The van der Waals surface area contributed by atoms with Crippen LogP contribution in [0.25, 0.3) is 0 Å². The Kier molecular flexibility index (Phi) is 7.65. The SMILES string of the molecule is CCC(Oc1cccc(C)c1)C(=O)NCC1CNCC1O.Cl. The van der Waals surface area contributed by atoms with E-state index in [0.29, 0.717) is 25.3 Å². The minimum absolute atomic E-state index is 0. The number of benzene rings is 1. The molecule has 22 heavy (non-hydrogen) atoms. The van der Waals surface area contributed by atoms with E-state index in [0.717, 1.165) is 12.1 Å². The summed E-state index contributed by atoms with van der Waals surface area (Å²) in [5.74, 6) is 0.656. The quantitative estimate of drug-likeness (QED) is 0.735. The number of aliphatic hydroxyl groups excluding tert-OH is 1. The van der Waals surface area contributed by atoms with Gasteiger partial charge in [-0.3, -0.25) is 4.79 Å². The van der Waals surface area contributed by atoms with Crippen molar-refractivity contribution < 1.29 is 14.6 Å². The third-order valence-electron chi connectivity index (χ3n) is 3.77. The molecule has 0 saturated carbocycles. The predicted molar refractivity (Wildman–Crippen MR) is 88.5 cm³/mol. The van der Waals surface area contributed by atoms with Crippen molar-refractivity contribution in [2.75, 3.05) is 19.6 Å². The Balaban J connectivity index is 0.00000242. The van der Waals surface area contributed by atoms with Crippen LogP contribution in [0.1, 0.15) is 18.9 Å². The highest BCUT2D eigenvalue weighted by Crippen LogP contribution is 2.15. The van der Waals surface area contributed by atoms with E-state index >= 15 is 0 Å². The molecule has 0 bridgehead atoms. The van der Waals surface area contributed by atoms with Crippen LogP contribution in [0, 0.1) is 12.8 Å². The number of β-amino-alcohol motifs (C(OH)–C–C–N with tert-alkyl or cyclic N) is 1. The number of hydrogen-bond acceptors (Lipinski definition) is 4. The molecular formula is C16H25ClN2O3. The average molecular weight is 329 g/mol. The molecule has 3 N–H and O–H groups in total. The number of carbonyl (C=O) groups excluding carboxylic acids is 1. The Labute approximate surface area is 137 Å². The van der Waals surface area contributed by atoms with Gasteiger partial charge in [0.05, 0.1) is 6.10 Å². The third-order valence-corrected chi connectivity index (χ3v) is 3.77. The van der Waals surface area contributed by atoms with Gasteiger partial charge in [0.1, 0.15) is 5.75 Å². The van der Waals surface area contributed by atoms with Crippen LogP contribution in [0.4, 0.5) is 0 Å². The van der Waals surface area contributed by atoms with Crippen LogP contribution in [-0.4, -0.2) is 42.9 Å². The van der Waals surface area contributed by atoms with Crippen molar-refractivity contribution >= 4 is 18.3 Å². The van der Waals surface area contributed by atoms with Crippen molar-refractivity contribution in [3.8, 4) is 5.75 Å². The molecule has 0 radical (unpaired) electrons. The van der Waals surface area contributed by atoms with Crippen molar-refractivity contribution in [2.24, 2.45) is 5.92 Å². The van der Waals surface area contributed by atoms with Crippen LogP contribution < -0.4 is 15.4 Å². The summed E-state index contributed by atoms with van der Waals surface area (Å²) in [5.41, 5.74) is 1.10. The molecule has 124 valence electrons. The molecule has 3 atom stereocenters.